The molecular formula is C16H17N3O4. The number of hydrogen-bond acceptors (Lipinski definition) is 4. The fraction of sp³-hybridized carbons (Fsp3) is 0.312. The maximum absolute atomic E-state index is 12.3. The quantitative estimate of drug-likeness (QED) is 0.819. The van der Waals surface area contributed by atoms with Gasteiger partial charge in [-0.25, -0.2) is 9.59 Å². The number of urea groups is 1. The van der Waals surface area contributed by atoms with Crippen molar-refractivity contribution in [2.24, 2.45) is 11.7 Å². The third-order valence-corrected chi connectivity index (χ3v) is 3.98. The Morgan fingerprint density at radius 1 is 1.26 bits per heavy atom. The second-order valence-corrected chi connectivity index (χ2v) is 5.62. The predicted molar refractivity (Wildman–Crippen MR) is 85.0 cm³/mol. The highest BCUT2D eigenvalue weighted by Crippen LogP contribution is 2.20. The van der Waals surface area contributed by atoms with E-state index in [1.54, 1.807) is 29.2 Å². The summed E-state index contributed by atoms with van der Waals surface area (Å²) in [7, 11) is 0. The number of likely N-dealkylation sites (tertiary alicyclic amines) is 1. The second kappa shape index (κ2) is 6.12. The Labute approximate surface area is 132 Å². The van der Waals surface area contributed by atoms with Crippen LogP contribution in [0.2, 0.25) is 0 Å². The van der Waals surface area contributed by atoms with Crippen molar-refractivity contribution in [2.75, 3.05) is 18.4 Å². The number of nitrogens with one attached hydrogen (secondary N) is 1. The van der Waals surface area contributed by atoms with Gasteiger partial charge in [-0.05, 0) is 37.1 Å². The molecule has 2 aromatic rings. The molecule has 7 nitrogen and oxygen atoms in total. The van der Waals surface area contributed by atoms with Gasteiger partial charge in [0.15, 0.2) is 0 Å². The lowest BCUT2D eigenvalue weighted by atomic mass is 9.98. The highest BCUT2D eigenvalue weighted by atomic mass is 16.4. The van der Waals surface area contributed by atoms with Gasteiger partial charge < -0.3 is 20.4 Å². The zero-order chi connectivity index (χ0) is 16.4. The molecule has 0 radical (unpaired) electrons. The van der Waals surface area contributed by atoms with Gasteiger partial charge in [-0.1, -0.05) is 0 Å². The molecule has 120 valence electrons. The Kier molecular flexibility index (Phi) is 4.01. The molecule has 1 fully saturated rings. The van der Waals surface area contributed by atoms with Gasteiger partial charge in [0.25, 0.3) is 0 Å². The van der Waals surface area contributed by atoms with E-state index < -0.39 is 5.63 Å². The Morgan fingerprint density at radius 2 is 2.09 bits per heavy atom. The van der Waals surface area contributed by atoms with Crippen molar-refractivity contribution in [1.29, 1.82) is 0 Å². The van der Waals surface area contributed by atoms with Gasteiger partial charge in [-0.2, -0.15) is 0 Å². The minimum Gasteiger partial charge on any atom is -0.423 e. The first kappa shape index (κ1) is 15.1. The predicted octanol–water partition coefficient (Wildman–Crippen LogP) is 1.52. The van der Waals surface area contributed by atoms with Gasteiger partial charge >= 0.3 is 11.7 Å². The molecule has 2 heterocycles. The lowest BCUT2D eigenvalue weighted by Gasteiger charge is -2.31. The number of carbonyl (C=O) groups excluding carboxylic acids is 2. The number of nitrogens with two attached hydrogens (primary N) is 1. The fourth-order valence-electron chi connectivity index (χ4n) is 2.75. The summed E-state index contributed by atoms with van der Waals surface area (Å²) in [5.41, 5.74) is 5.96. The number of primary amides is 1. The van der Waals surface area contributed by atoms with E-state index in [-0.39, 0.29) is 17.9 Å². The molecule has 1 aliphatic rings. The number of anilines is 1. The highest BCUT2D eigenvalue weighted by molar-refractivity contribution is 5.92. The summed E-state index contributed by atoms with van der Waals surface area (Å²) in [4.78, 5) is 36.3. The number of rotatable bonds is 2. The van der Waals surface area contributed by atoms with Crippen LogP contribution in [0, 0.1) is 5.92 Å². The monoisotopic (exact) mass is 315 g/mol. The van der Waals surface area contributed by atoms with Crippen LogP contribution in [-0.4, -0.2) is 29.9 Å². The van der Waals surface area contributed by atoms with Crippen LogP contribution in [0.15, 0.2) is 39.5 Å². The van der Waals surface area contributed by atoms with Gasteiger partial charge in [0.1, 0.15) is 5.58 Å². The van der Waals surface area contributed by atoms with E-state index >= 15 is 0 Å². The average molecular weight is 315 g/mol. The standard InChI is InChI=1S/C16H17N3O4/c17-15(21)11-2-1-7-19(9-11)16(22)18-12-4-5-13-10(8-12)3-6-14(20)23-13/h3-6,8,11H,1-2,7,9H2,(H2,17,21)(H,18,22)/t11-/m1/s1. The lowest BCUT2D eigenvalue weighted by Crippen LogP contribution is -2.45. The minimum absolute atomic E-state index is 0.271. The third kappa shape index (κ3) is 3.33. The summed E-state index contributed by atoms with van der Waals surface area (Å²) in [6.45, 7) is 0.932. The number of amides is 3. The van der Waals surface area contributed by atoms with E-state index in [1.807, 2.05) is 0 Å². The molecule has 0 bridgehead atoms. The minimum atomic E-state index is -0.417. The molecule has 3 amide bonds. The van der Waals surface area contributed by atoms with E-state index in [9.17, 15) is 14.4 Å². The molecule has 0 spiro atoms. The Bertz CT molecular complexity index is 814. The molecule has 1 atom stereocenters. The van der Waals surface area contributed by atoms with Crippen LogP contribution in [0.1, 0.15) is 12.8 Å². The zero-order valence-electron chi connectivity index (χ0n) is 12.5. The number of hydrogen-bond donors (Lipinski definition) is 2. The van der Waals surface area contributed by atoms with E-state index in [1.165, 1.54) is 6.07 Å². The van der Waals surface area contributed by atoms with Crippen LogP contribution in [-0.2, 0) is 4.79 Å². The smallest absolute Gasteiger partial charge is 0.336 e. The van der Waals surface area contributed by atoms with Gasteiger partial charge in [-0.15, -0.1) is 0 Å². The first-order valence-electron chi connectivity index (χ1n) is 7.42. The first-order valence-corrected chi connectivity index (χ1v) is 7.42. The summed E-state index contributed by atoms with van der Waals surface area (Å²) >= 11 is 0. The largest absolute Gasteiger partial charge is 0.423 e. The maximum Gasteiger partial charge on any atom is 0.336 e. The van der Waals surface area contributed by atoms with Gasteiger partial charge in [-0.3, -0.25) is 4.79 Å². The van der Waals surface area contributed by atoms with Crippen LogP contribution in [0.4, 0.5) is 10.5 Å². The van der Waals surface area contributed by atoms with Crippen molar-refractivity contribution >= 4 is 28.6 Å². The number of nitrogens with zero attached hydrogens (tertiary/aromatic N) is 1. The van der Waals surface area contributed by atoms with Crippen molar-refractivity contribution in [2.45, 2.75) is 12.8 Å². The van der Waals surface area contributed by atoms with Crippen molar-refractivity contribution in [3.05, 3.63) is 40.8 Å². The molecule has 0 saturated carbocycles. The third-order valence-electron chi connectivity index (χ3n) is 3.98. The van der Waals surface area contributed by atoms with Crippen LogP contribution in [0.3, 0.4) is 0 Å². The fourth-order valence-corrected chi connectivity index (χ4v) is 2.75. The average Bonchev–Trinajstić information content (AvgIpc) is 2.55. The molecule has 1 saturated heterocycles. The van der Waals surface area contributed by atoms with Crippen molar-refractivity contribution in [3.63, 3.8) is 0 Å². The van der Waals surface area contributed by atoms with Crippen LogP contribution in [0.5, 0.6) is 0 Å². The summed E-state index contributed by atoms with van der Waals surface area (Å²) in [6.07, 6.45) is 1.47. The number of piperidine rings is 1. The van der Waals surface area contributed by atoms with Crippen LogP contribution >= 0.6 is 0 Å². The Morgan fingerprint density at radius 3 is 2.87 bits per heavy atom. The van der Waals surface area contributed by atoms with E-state index in [0.29, 0.717) is 30.8 Å². The summed E-state index contributed by atoms with van der Waals surface area (Å²) in [6, 6.07) is 7.73. The topological polar surface area (TPSA) is 106 Å². The zero-order valence-corrected chi connectivity index (χ0v) is 12.5. The Balaban J connectivity index is 1.73. The molecule has 0 aliphatic carbocycles. The summed E-state index contributed by atoms with van der Waals surface area (Å²) in [5, 5.41) is 3.51. The molecule has 1 aliphatic heterocycles. The second-order valence-electron chi connectivity index (χ2n) is 5.62. The van der Waals surface area contributed by atoms with Crippen LogP contribution in [0.25, 0.3) is 11.0 Å². The van der Waals surface area contributed by atoms with Gasteiger partial charge in [0, 0.05) is 30.2 Å². The van der Waals surface area contributed by atoms with Gasteiger partial charge in [0.05, 0.1) is 5.92 Å². The van der Waals surface area contributed by atoms with E-state index in [2.05, 4.69) is 5.32 Å². The van der Waals surface area contributed by atoms with E-state index in [4.69, 9.17) is 10.2 Å². The maximum atomic E-state index is 12.3. The van der Waals surface area contributed by atoms with Crippen molar-refractivity contribution < 1.29 is 14.0 Å². The first-order chi connectivity index (χ1) is 11.0. The Hall–Kier alpha value is -2.83. The molecule has 3 rings (SSSR count). The molecule has 3 N–H and O–H groups in total. The molecule has 0 unspecified atom stereocenters. The van der Waals surface area contributed by atoms with Crippen LogP contribution < -0.4 is 16.7 Å². The number of fused-ring (bicyclic) bond motifs is 1. The highest BCUT2D eigenvalue weighted by Gasteiger charge is 2.26. The number of carbonyl (C=O) groups is 2. The molecule has 1 aromatic carbocycles. The SMILES string of the molecule is NC(=O)[C@@H]1CCCN(C(=O)Nc2ccc3oc(=O)ccc3c2)C1. The number of benzene rings is 1. The summed E-state index contributed by atoms with van der Waals surface area (Å²) in [5.74, 6) is -0.663. The summed E-state index contributed by atoms with van der Waals surface area (Å²) < 4.78 is 5.05. The molecule has 7 heteroatoms. The normalized spacial score (nSPS) is 17.9. The molecule has 1 aromatic heterocycles. The van der Waals surface area contributed by atoms with Crippen molar-refractivity contribution in [1.82, 2.24) is 4.90 Å². The van der Waals surface area contributed by atoms with E-state index in [0.717, 1.165) is 11.8 Å². The van der Waals surface area contributed by atoms with Gasteiger partial charge in [0.2, 0.25) is 5.91 Å². The van der Waals surface area contributed by atoms with Crippen molar-refractivity contribution in [3.8, 4) is 0 Å². The molecular weight excluding hydrogens is 298 g/mol. The molecule has 23 heavy (non-hydrogen) atoms. The lowest BCUT2D eigenvalue weighted by molar-refractivity contribution is -0.123.